The number of amides is 1. The van der Waals surface area contributed by atoms with Crippen LogP contribution in [0.1, 0.15) is 11.6 Å². The summed E-state index contributed by atoms with van der Waals surface area (Å²) >= 11 is 0. The van der Waals surface area contributed by atoms with Crippen LogP contribution in [-0.2, 0) is 4.79 Å². The SMILES string of the molecule is COc1ccccc1OC1CN(C(=O)[C@H](c2ccccc2F)N(C)C)C1. The average molecular weight is 358 g/mol. The van der Waals surface area contributed by atoms with Crippen molar-refractivity contribution in [1.29, 1.82) is 0 Å². The third kappa shape index (κ3) is 3.65. The quantitative estimate of drug-likeness (QED) is 0.796. The Bertz CT molecular complexity index is 775. The standard InChI is InChI=1S/C20H23FN2O3/c1-22(2)19(15-8-4-5-9-16(15)21)20(24)23-12-14(13-23)26-18-11-7-6-10-17(18)25-3/h4-11,14,19H,12-13H2,1-3H3/t19-/m0/s1. The summed E-state index contributed by atoms with van der Waals surface area (Å²) in [6.07, 6.45) is -0.0984. The van der Waals surface area contributed by atoms with E-state index in [1.807, 2.05) is 24.3 Å². The number of likely N-dealkylation sites (N-methyl/N-ethyl adjacent to an activating group) is 1. The van der Waals surface area contributed by atoms with Gasteiger partial charge in [-0.25, -0.2) is 4.39 Å². The lowest BCUT2D eigenvalue weighted by molar-refractivity contribution is -0.145. The van der Waals surface area contributed by atoms with E-state index >= 15 is 0 Å². The van der Waals surface area contributed by atoms with Crippen LogP contribution in [0.5, 0.6) is 11.5 Å². The maximum atomic E-state index is 14.2. The maximum Gasteiger partial charge on any atom is 0.244 e. The molecule has 138 valence electrons. The van der Waals surface area contributed by atoms with Crippen molar-refractivity contribution in [3.8, 4) is 11.5 Å². The lowest BCUT2D eigenvalue weighted by Gasteiger charge is -2.41. The van der Waals surface area contributed by atoms with Crippen molar-refractivity contribution < 1.29 is 18.7 Å². The molecule has 1 heterocycles. The van der Waals surface area contributed by atoms with Crippen molar-refractivity contribution in [3.63, 3.8) is 0 Å². The first-order chi connectivity index (χ1) is 12.5. The fourth-order valence-corrected chi connectivity index (χ4v) is 3.09. The van der Waals surface area contributed by atoms with Crippen LogP contribution in [0.4, 0.5) is 4.39 Å². The summed E-state index contributed by atoms with van der Waals surface area (Å²) in [6, 6.07) is 13.2. The van der Waals surface area contributed by atoms with Crippen molar-refractivity contribution in [2.75, 3.05) is 34.3 Å². The van der Waals surface area contributed by atoms with Crippen LogP contribution >= 0.6 is 0 Å². The molecule has 1 atom stereocenters. The fourth-order valence-electron chi connectivity index (χ4n) is 3.09. The van der Waals surface area contributed by atoms with Crippen molar-refractivity contribution in [3.05, 3.63) is 59.9 Å². The van der Waals surface area contributed by atoms with Crippen LogP contribution in [0.25, 0.3) is 0 Å². The zero-order valence-electron chi connectivity index (χ0n) is 15.2. The van der Waals surface area contributed by atoms with Gasteiger partial charge in [-0.2, -0.15) is 0 Å². The number of hydrogen-bond donors (Lipinski definition) is 0. The zero-order valence-corrected chi connectivity index (χ0v) is 15.2. The number of rotatable bonds is 6. The van der Waals surface area contributed by atoms with Crippen LogP contribution in [0.3, 0.4) is 0 Å². The number of carbonyl (C=O) groups is 1. The molecule has 0 N–H and O–H groups in total. The molecule has 2 aromatic rings. The first-order valence-electron chi connectivity index (χ1n) is 8.50. The highest BCUT2D eigenvalue weighted by molar-refractivity contribution is 5.84. The molecule has 1 aliphatic heterocycles. The van der Waals surface area contributed by atoms with Gasteiger partial charge in [-0.15, -0.1) is 0 Å². The van der Waals surface area contributed by atoms with Crippen LogP contribution in [0.2, 0.25) is 0 Å². The highest BCUT2D eigenvalue weighted by Crippen LogP contribution is 2.30. The van der Waals surface area contributed by atoms with Gasteiger partial charge in [-0.3, -0.25) is 9.69 Å². The highest BCUT2D eigenvalue weighted by Gasteiger charge is 2.38. The second kappa shape index (κ2) is 7.74. The number of likely N-dealkylation sites (tertiary alicyclic amines) is 1. The van der Waals surface area contributed by atoms with Crippen molar-refractivity contribution in [1.82, 2.24) is 9.80 Å². The zero-order chi connectivity index (χ0) is 18.7. The van der Waals surface area contributed by atoms with Gasteiger partial charge in [0.1, 0.15) is 18.0 Å². The Morgan fingerprint density at radius 3 is 2.35 bits per heavy atom. The molecule has 1 saturated heterocycles. The molecule has 1 fully saturated rings. The molecule has 6 heteroatoms. The minimum absolute atomic E-state index is 0.0984. The minimum atomic E-state index is -0.650. The van der Waals surface area contributed by atoms with Crippen LogP contribution in [-0.4, -0.2) is 56.1 Å². The number of carbonyl (C=O) groups excluding carboxylic acids is 1. The monoisotopic (exact) mass is 358 g/mol. The summed E-state index contributed by atoms with van der Waals surface area (Å²) in [5.74, 6) is 0.821. The summed E-state index contributed by atoms with van der Waals surface area (Å²) in [5.41, 5.74) is 0.386. The summed E-state index contributed by atoms with van der Waals surface area (Å²) in [4.78, 5) is 16.3. The molecule has 0 bridgehead atoms. The van der Waals surface area contributed by atoms with Gasteiger partial charge in [-0.05, 0) is 32.3 Å². The molecule has 2 aromatic carbocycles. The molecule has 0 radical (unpaired) electrons. The van der Waals surface area contributed by atoms with Gasteiger partial charge in [0.2, 0.25) is 5.91 Å². The molecule has 0 aromatic heterocycles. The number of hydrogen-bond acceptors (Lipinski definition) is 4. The van der Waals surface area contributed by atoms with Gasteiger partial charge in [0.05, 0.1) is 20.2 Å². The highest BCUT2D eigenvalue weighted by atomic mass is 19.1. The largest absolute Gasteiger partial charge is 0.493 e. The molecule has 0 saturated carbocycles. The molecule has 26 heavy (non-hydrogen) atoms. The van der Waals surface area contributed by atoms with E-state index in [0.29, 0.717) is 30.2 Å². The number of halogens is 1. The predicted octanol–water partition coefficient (Wildman–Crippen LogP) is 2.73. The summed E-state index contributed by atoms with van der Waals surface area (Å²) in [5, 5.41) is 0. The van der Waals surface area contributed by atoms with Gasteiger partial charge in [0.15, 0.2) is 11.5 Å². The average Bonchev–Trinajstić information content (AvgIpc) is 2.59. The number of ether oxygens (including phenoxy) is 2. The molecule has 5 nitrogen and oxygen atoms in total. The molecule has 0 aliphatic carbocycles. The lowest BCUT2D eigenvalue weighted by atomic mass is 10.0. The van der Waals surface area contributed by atoms with Crippen molar-refractivity contribution in [2.24, 2.45) is 0 Å². The molecule has 0 spiro atoms. The minimum Gasteiger partial charge on any atom is -0.493 e. The molecular formula is C20H23FN2O3. The summed E-state index contributed by atoms with van der Waals surface area (Å²) in [6.45, 7) is 0.936. The first-order valence-corrected chi connectivity index (χ1v) is 8.50. The van der Waals surface area contributed by atoms with E-state index in [1.165, 1.54) is 6.07 Å². The first kappa shape index (κ1) is 18.2. The molecule has 0 unspecified atom stereocenters. The molecular weight excluding hydrogens is 335 g/mol. The topological polar surface area (TPSA) is 42.0 Å². The second-order valence-electron chi connectivity index (χ2n) is 6.52. The maximum absolute atomic E-state index is 14.2. The Morgan fingerprint density at radius 2 is 1.73 bits per heavy atom. The van der Waals surface area contributed by atoms with Gasteiger partial charge in [0.25, 0.3) is 0 Å². The Morgan fingerprint density at radius 1 is 1.12 bits per heavy atom. The van der Waals surface area contributed by atoms with Gasteiger partial charge >= 0.3 is 0 Å². The Kier molecular flexibility index (Phi) is 5.42. The molecule has 1 aliphatic rings. The van der Waals surface area contributed by atoms with Crippen molar-refractivity contribution >= 4 is 5.91 Å². The Balaban J connectivity index is 1.66. The van der Waals surface area contributed by atoms with Crippen molar-refractivity contribution in [2.45, 2.75) is 12.1 Å². The molecule has 3 rings (SSSR count). The number of methoxy groups -OCH3 is 1. The van der Waals surface area contributed by atoms with Crippen LogP contribution < -0.4 is 9.47 Å². The number of nitrogens with zero attached hydrogens (tertiary/aromatic N) is 2. The van der Waals surface area contributed by atoms with Gasteiger partial charge in [0, 0.05) is 5.56 Å². The van der Waals surface area contributed by atoms with E-state index in [2.05, 4.69) is 0 Å². The van der Waals surface area contributed by atoms with Crippen LogP contribution in [0, 0.1) is 5.82 Å². The van der Waals surface area contributed by atoms with E-state index in [1.54, 1.807) is 49.2 Å². The van der Waals surface area contributed by atoms with Gasteiger partial charge in [-0.1, -0.05) is 30.3 Å². The number of benzene rings is 2. The normalized spacial score (nSPS) is 15.5. The smallest absolute Gasteiger partial charge is 0.244 e. The predicted molar refractivity (Wildman–Crippen MR) is 96.8 cm³/mol. The number of para-hydroxylation sites is 2. The van der Waals surface area contributed by atoms with E-state index in [9.17, 15) is 9.18 Å². The van der Waals surface area contributed by atoms with E-state index < -0.39 is 6.04 Å². The van der Waals surface area contributed by atoms with Gasteiger partial charge < -0.3 is 14.4 Å². The third-order valence-corrected chi connectivity index (χ3v) is 4.47. The third-order valence-electron chi connectivity index (χ3n) is 4.47. The van der Waals surface area contributed by atoms with E-state index in [0.717, 1.165) is 0 Å². The van der Waals surface area contributed by atoms with E-state index in [4.69, 9.17) is 9.47 Å². The Labute approximate surface area is 152 Å². The second-order valence-corrected chi connectivity index (χ2v) is 6.52. The van der Waals surface area contributed by atoms with E-state index in [-0.39, 0.29) is 17.8 Å². The fraction of sp³-hybridized carbons (Fsp3) is 0.350. The Hall–Kier alpha value is -2.60. The summed E-state index contributed by atoms with van der Waals surface area (Å²) in [7, 11) is 5.14. The van der Waals surface area contributed by atoms with Crippen LogP contribution in [0.15, 0.2) is 48.5 Å². The summed E-state index contributed by atoms with van der Waals surface area (Å²) < 4.78 is 25.3. The molecule has 1 amide bonds. The lowest BCUT2D eigenvalue weighted by Crippen LogP contribution is -2.58.